The lowest BCUT2D eigenvalue weighted by Crippen LogP contribution is -2.14. The van der Waals surface area contributed by atoms with Crippen LogP contribution in [0.15, 0.2) is 146 Å². The minimum Gasteiger partial charge on any atom is -0.252 e. The molecule has 8 aromatic rings. The maximum atomic E-state index is 5.16. The summed E-state index contributed by atoms with van der Waals surface area (Å²) >= 11 is 0. The van der Waals surface area contributed by atoms with Crippen molar-refractivity contribution in [3.63, 3.8) is 0 Å². The number of nitrogens with zero attached hydrogens (tertiary/aromatic N) is 2. The van der Waals surface area contributed by atoms with E-state index in [1.54, 1.807) is 0 Å². The first kappa shape index (κ1) is 25.9. The second kappa shape index (κ2) is 9.70. The molecule has 0 N–H and O–H groups in total. The zero-order chi connectivity index (χ0) is 30.1. The third-order valence-electron chi connectivity index (χ3n) is 9.71. The predicted molar refractivity (Wildman–Crippen MR) is 188 cm³/mol. The van der Waals surface area contributed by atoms with E-state index in [1.807, 2.05) is 30.5 Å². The highest BCUT2D eigenvalue weighted by molar-refractivity contribution is 6.21. The van der Waals surface area contributed by atoms with Crippen molar-refractivity contribution in [3.05, 3.63) is 157 Å². The van der Waals surface area contributed by atoms with Gasteiger partial charge in [-0.25, -0.2) is 4.98 Å². The third kappa shape index (κ3) is 3.89. The van der Waals surface area contributed by atoms with Gasteiger partial charge in [0.15, 0.2) is 0 Å². The molecular formula is C43H30N2. The van der Waals surface area contributed by atoms with E-state index < -0.39 is 0 Å². The first-order valence-electron chi connectivity index (χ1n) is 15.6. The van der Waals surface area contributed by atoms with Gasteiger partial charge in [0, 0.05) is 11.0 Å². The molecule has 212 valence electrons. The Morgan fingerprint density at radius 2 is 1.09 bits per heavy atom. The third-order valence-corrected chi connectivity index (χ3v) is 9.71. The lowest BCUT2D eigenvalue weighted by molar-refractivity contribution is 0.660. The van der Waals surface area contributed by atoms with Gasteiger partial charge in [0.2, 0.25) is 0 Å². The lowest BCUT2D eigenvalue weighted by Gasteiger charge is -2.23. The van der Waals surface area contributed by atoms with Crippen LogP contribution in [0.2, 0.25) is 0 Å². The standard InChI is InChI=1S/C43H30N2/c1-43(2)36-17-9-8-14-30(36)31-22-21-29(25-37(31)43)41-32-15-6-7-16-33(32)42(40-26-44-38-18-10-11-19-39(38)45-40)34-23-20-28(24-35(34)41)27-12-4-3-5-13-27/h3-26H,1-2H3. The molecule has 0 fully saturated rings. The fourth-order valence-corrected chi connectivity index (χ4v) is 7.51. The number of hydrogen-bond acceptors (Lipinski definition) is 2. The van der Waals surface area contributed by atoms with Crippen LogP contribution in [0.5, 0.6) is 0 Å². The highest BCUT2D eigenvalue weighted by Gasteiger charge is 2.35. The second-order valence-corrected chi connectivity index (χ2v) is 12.6. The van der Waals surface area contributed by atoms with Crippen molar-refractivity contribution in [2.75, 3.05) is 0 Å². The summed E-state index contributed by atoms with van der Waals surface area (Å²) in [6.45, 7) is 4.71. The quantitative estimate of drug-likeness (QED) is 0.196. The smallest absolute Gasteiger partial charge is 0.0905 e. The summed E-state index contributed by atoms with van der Waals surface area (Å²) in [5.41, 5.74) is 14.1. The van der Waals surface area contributed by atoms with E-state index in [1.165, 1.54) is 66.1 Å². The summed E-state index contributed by atoms with van der Waals surface area (Å²) in [6, 6.07) is 50.4. The molecule has 1 heterocycles. The molecule has 0 saturated carbocycles. The highest BCUT2D eigenvalue weighted by atomic mass is 14.8. The molecule has 7 aromatic carbocycles. The minimum absolute atomic E-state index is 0.0800. The van der Waals surface area contributed by atoms with Crippen molar-refractivity contribution in [3.8, 4) is 44.6 Å². The molecule has 1 aromatic heterocycles. The first-order valence-corrected chi connectivity index (χ1v) is 15.6. The molecule has 0 spiro atoms. The number of aromatic nitrogens is 2. The van der Waals surface area contributed by atoms with Gasteiger partial charge in [-0.1, -0.05) is 129 Å². The van der Waals surface area contributed by atoms with Crippen molar-refractivity contribution < 1.29 is 0 Å². The van der Waals surface area contributed by atoms with Gasteiger partial charge < -0.3 is 0 Å². The average Bonchev–Trinajstić information content (AvgIpc) is 3.32. The molecule has 0 radical (unpaired) electrons. The molecule has 2 heteroatoms. The van der Waals surface area contributed by atoms with Crippen molar-refractivity contribution in [2.45, 2.75) is 19.3 Å². The maximum Gasteiger partial charge on any atom is 0.0905 e. The van der Waals surface area contributed by atoms with E-state index in [2.05, 4.69) is 129 Å². The van der Waals surface area contributed by atoms with E-state index in [4.69, 9.17) is 9.97 Å². The Morgan fingerprint density at radius 3 is 1.93 bits per heavy atom. The monoisotopic (exact) mass is 574 g/mol. The van der Waals surface area contributed by atoms with Crippen LogP contribution < -0.4 is 0 Å². The van der Waals surface area contributed by atoms with E-state index in [9.17, 15) is 0 Å². The Hall–Kier alpha value is -5.60. The Balaban J connectivity index is 1.38. The van der Waals surface area contributed by atoms with Crippen LogP contribution in [0.3, 0.4) is 0 Å². The van der Waals surface area contributed by atoms with Gasteiger partial charge >= 0.3 is 0 Å². The van der Waals surface area contributed by atoms with Crippen LogP contribution in [-0.2, 0) is 5.41 Å². The minimum atomic E-state index is -0.0800. The molecule has 0 atom stereocenters. The number of hydrogen-bond donors (Lipinski definition) is 0. The SMILES string of the molecule is CC1(C)c2ccccc2-c2ccc(-c3c4ccccc4c(-c4cnc5ccccc5n4)c4ccc(-c5ccccc5)cc34)cc21. The molecule has 45 heavy (non-hydrogen) atoms. The zero-order valence-electron chi connectivity index (χ0n) is 25.3. The number of benzene rings is 7. The molecule has 1 aliphatic rings. The fraction of sp³-hybridized carbons (Fsp3) is 0.0698. The fourth-order valence-electron chi connectivity index (χ4n) is 7.51. The lowest BCUT2D eigenvalue weighted by atomic mass is 9.80. The predicted octanol–water partition coefficient (Wildman–Crippen LogP) is 11.2. The van der Waals surface area contributed by atoms with Crippen LogP contribution in [0, 0.1) is 0 Å². The summed E-state index contributed by atoms with van der Waals surface area (Å²) in [4.78, 5) is 9.98. The average molecular weight is 575 g/mol. The van der Waals surface area contributed by atoms with Gasteiger partial charge in [-0.2, -0.15) is 0 Å². The van der Waals surface area contributed by atoms with Gasteiger partial charge in [-0.15, -0.1) is 0 Å². The van der Waals surface area contributed by atoms with E-state index in [0.717, 1.165) is 22.3 Å². The second-order valence-electron chi connectivity index (χ2n) is 12.6. The van der Waals surface area contributed by atoms with E-state index >= 15 is 0 Å². The Labute approximate surface area is 262 Å². The van der Waals surface area contributed by atoms with Gasteiger partial charge in [-0.05, 0) is 90.3 Å². The van der Waals surface area contributed by atoms with E-state index in [-0.39, 0.29) is 5.41 Å². The van der Waals surface area contributed by atoms with Crippen LogP contribution in [0.1, 0.15) is 25.0 Å². The van der Waals surface area contributed by atoms with E-state index in [0.29, 0.717) is 0 Å². The molecule has 1 aliphatic carbocycles. The Kier molecular flexibility index (Phi) is 5.58. The first-order chi connectivity index (χ1) is 22.1. The topological polar surface area (TPSA) is 25.8 Å². The summed E-state index contributed by atoms with van der Waals surface area (Å²) in [5, 5.41) is 4.79. The molecule has 0 unspecified atom stereocenters. The molecule has 0 aliphatic heterocycles. The molecule has 9 rings (SSSR count). The van der Waals surface area contributed by atoms with Gasteiger partial charge in [0.25, 0.3) is 0 Å². The molecule has 0 bridgehead atoms. The summed E-state index contributed by atoms with van der Waals surface area (Å²) < 4.78 is 0. The van der Waals surface area contributed by atoms with Crippen LogP contribution in [-0.4, -0.2) is 9.97 Å². The zero-order valence-corrected chi connectivity index (χ0v) is 25.3. The van der Waals surface area contributed by atoms with Crippen molar-refractivity contribution in [1.29, 1.82) is 0 Å². The Bertz CT molecular complexity index is 2450. The van der Waals surface area contributed by atoms with Crippen LogP contribution in [0.4, 0.5) is 0 Å². The summed E-state index contributed by atoms with van der Waals surface area (Å²) in [5.74, 6) is 0. The Morgan fingerprint density at radius 1 is 0.444 bits per heavy atom. The number of para-hydroxylation sites is 2. The van der Waals surface area contributed by atoms with Crippen LogP contribution >= 0.6 is 0 Å². The largest absolute Gasteiger partial charge is 0.252 e. The maximum absolute atomic E-state index is 5.16. The number of fused-ring (bicyclic) bond motifs is 6. The van der Waals surface area contributed by atoms with Crippen molar-refractivity contribution in [1.82, 2.24) is 9.97 Å². The highest BCUT2D eigenvalue weighted by Crippen LogP contribution is 2.51. The van der Waals surface area contributed by atoms with Crippen LogP contribution in [0.25, 0.3) is 77.2 Å². The molecular weight excluding hydrogens is 544 g/mol. The molecule has 2 nitrogen and oxygen atoms in total. The van der Waals surface area contributed by atoms with Gasteiger partial charge in [-0.3, -0.25) is 4.98 Å². The van der Waals surface area contributed by atoms with Gasteiger partial charge in [0.05, 0.1) is 22.9 Å². The van der Waals surface area contributed by atoms with Gasteiger partial charge in [0.1, 0.15) is 0 Å². The molecule has 0 saturated heterocycles. The summed E-state index contributed by atoms with van der Waals surface area (Å²) in [6.07, 6.45) is 1.93. The summed E-state index contributed by atoms with van der Waals surface area (Å²) in [7, 11) is 0. The van der Waals surface area contributed by atoms with Crippen molar-refractivity contribution in [2.24, 2.45) is 0 Å². The normalized spacial score (nSPS) is 13.3. The van der Waals surface area contributed by atoms with Crippen molar-refractivity contribution >= 4 is 32.6 Å². The number of rotatable bonds is 3. The molecule has 0 amide bonds.